The Kier molecular flexibility index (Phi) is 5.43. The van der Waals surface area contributed by atoms with Gasteiger partial charge in [-0.3, -0.25) is 10.1 Å². The van der Waals surface area contributed by atoms with Gasteiger partial charge >= 0.3 is 5.97 Å². The Labute approximate surface area is 129 Å². The third kappa shape index (κ3) is 4.53. The van der Waals surface area contributed by atoms with Crippen LogP contribution in [0.3, 0.4) is 0 Å². The van der Waals surface area contributed by atoms with Gasteiger partial charge in [0.1, 0.15) is 6.04 Å². The number of nitrogens with one attached hydrogen (secondary N) is 1. The zero-order valence-electron chi connectivity index (χ0n) is 12.7. The van der Waals surface area contributed by atoms with Crippen molar-refractivity contribution >= 4 is 11.9 Å². The van der Waals surface area contributed by atoms with Gasteiger partial charge in [-0.05, 0) is 12.0 Å². The van der Waals surface area contributed by atoms with Crippen LogP contribution in [0.25, 0.3) is 0 Å². The molecule has 2 rings (SSSR count). The molecule has 6 nitrogen and oxygen atoms in total. The Bertz CT molecular complexity index is 599. The van der Waals surface area contributed by atoms with E-state index >= 15 is 0 Å². The summed E-state index contributed by atoms with van der Waals surface area (Å²) in [6.07, 6.45) is 3.85. The number of rotatable bonds is 7. The highest BCUT2D eigenvalue weighted by Crippen LogP contribution is 2.06. The molecule has 0 aliphatic heterocycles. The minimum atomic E-state index is -0.866. The Morgan fingerprint density at radius 3 is 2.36 bits per heavy atom. The van der Waals surface area contributed by atoms with Crippen LogP contribution in [-0.4, -0.2) is 41.2 Å². The molecule has 0 bridgehead atoms. The lowest BCUT2D eigenvalue weighted by atomic mass is 10.1. The Morgan fingerprint density at radius 2 is 1.82 bits per heavy atom. The first-order valence-electron chi connectivity index (χ1n) is 7.04. The number of benzene rings is 1. The Hall–Kier alpha value is -2.47. The smallest absolute Gasteiger partial charge is 0.321 e. The molecule has 1 heterocycles. The number of hydrogen-bond donors (Lipinski definition) is 2. The molecule has 0 saturated heterocycles. The van der Waals surface area contributed by atoms with E-state index in [9.17, 15) is 9.90 Å². The van der Waals surface area contributed by atoms with Crippen LogP contribution in [0.15, 0.2) is 42.7 Å². The van der Waals surface area contributed by atoms with E-state index in [1.807, 2.05) is 49.3 Å². The van der Waals surface area contributed by atoms with Crippen molar-refractivity contribution in [3.63, 3.8) is 0 Å². The molecule has 0 aliphatic carbocycles. The van der Waals surface area contributed by atoms with Crippen molar-refractivity contribution in [2.24, 2.45) is 0 Å². The van der Waals surface area contributed by atoms with E-state index in [1.165, 1.54) is 0 Å². The van der Waals surface area contributed by atoms with Crippen LogP contribution in [0.2, 0.25) is 0 Å². The largest absolute Gasteiger partial charge is 0.480 e. The van der Waals surface area contributed by atoms with Gasteiger partial charge in [0.25, 0.3) is 0 Å². The molecule has 1 aromatic carbocycles. The number of nitrogens with zero attached hydrogens (tertiary/aromatic N) is 3. The number of carboxylic acids is 1. The maximum absolute atomic E-state index is 11.4. The van der Waals surface area contributed by atoms with Gasteiger partial charge in [-0.2, -0.15) is 0 Å². The highest BCUT2D eigenvalue weighted by Gasteiger charge is 2.17. The minimum Gasteiger partial charge on any atom is -0.480 e. The third-order valence-corrected chi connectivity index (χ3v) is 3.23. The maximum atomic E-state index is 11.4. The summed E-state index contributed by atoms with van der Waals surface area (Å²) in [5, 5.41) is 12.4. The van der Waals surface area contributed by atoms with Crippen molar-refractivity contribution in [2.75, 3.05) is 19.0 Å². The number of carboxylic acid groups (broad SMARTS) is 1. The Balaban J connectivity index is 1.95. The van der Waals surface area contributed by atoms with Crippen LogP contribution in [-0.2, 0) is 17.8 Å². The summed E-state index contributed by atoms with van der Waals surface area (Å²) < 4.78 is 0. The molecule has 0 radical (unpaired) electrons. The SMILES string of the molecule is CN(C)c1ncc(CNC(Cc2ccccc2)C(=O)O)cn1. The van der Waals surface area contributed by atoms with Crippen LogP contribution in [0.1, 0.15) is 11.1 Å². The van der Waals surface area contributed by atoms with Crippen molar-refractivity contribution in [3.05, 3.63) is 53.9 Å². The topological polar surface area (TPSA) is 78.4 Å². The summed E-state index contributed by atoms with van der Waals surface area (Å²) in [5.41, 5.74) is 1.84. The van der Waals surface area contributed by atoms with Gasteiger partial charge in [0.15, 0.2) is 0 Å². The summed E-state index contributed by atoms with van der Waals surface area (Å²) in [6.45, 7) is 0.414. The van der Waals surface area contributed by atoms with Gasteiger partial charge < -0.3 is 10.0 Å². The second kappa shape index (κ2) is 7.51. The van der Waals surface area contributed by atoms with Crippen LogP contribution in [0, 0.1) is 0 Å². The lowest BCUT2D eigenvalue weighted by molar-refractivity contribution is -0.139. The fourth-order valence-electron chi connectivity index (χ4n) is 2.01. The molecule has 0 amide bonds. The molecule has 2 N–H and O–H groups in total. The Morgan fingerprint density at radius 1 is 1.18 bits per heavy atom. The number of aliphatic carboxylic acids is 1. The molecule has 1 unspecified atom stereocenters. The van der Waals surface area contributed by atoms with Crippen molar-refractivity contribution in [3.8, 4) is 0 Å². The number of carbonyl (C=O) groups is 1. The molecule has 0 aliphatic rings. The number of anilines is 1. The van der Waals surface area contributed by atoms with Crippen molar-refractivity contribution in [2.45, 2.75) is 19.0 Å². The van der Waals surface area contributed by atoms with Crippen molar-refractivity contribution in [1.29, 1.82) is 0 Å². The van der Waals surface area contributed by atoms with Crippen LogP contribution in [0.4, 0.5) is 5.95 Å². The highest BCUT2D eigenvalue weighted by molar-refractivity contribution is 5.73. The second-order valence-corrected chi connectivity index (χ2v) is 5.25. The fraction of sp³-hybridized carbons (Fsp3) is 0.312. The second-order valence-electron chi connectivity index (χ2n) is 5.25. The lowest BCUT2D eigenvalue weighted by Crippen LogP contribution is -2.38. The van der Waals surface area contributed by atoms with Crippen LogP contribution in [0.5, 0.6) is 0 Å². The lowest BCUT2D eigenvalue weighted by Gasteiger charge is -2.15. The van der Waals surface area contributed by atoms with Gasteiger partial charge in [-0.25, -0.2) is 9.97 Å². The first-order valence-corrected chi connectivity index (χ1v) is 7.04. The third-order valence-electron chi connectivity index (χ3n) is 3.23. The first-order chi connectivity index (χ1) is 10.6. The van der Waals surface area contributed by atoms with Crippen LogP contribution >= 0.6 is 0 Å². The molecule has 0 spiro atoms. The summed E-state index contributed by atoms with van der Waals surface area (Å²) in [4.78, 5) is 21.6. The molecule has 0 saturated carbocycles. The molecule has 6 heteroatoms. The summed E-state index contributed by atoms with van der Waals surface area (Å²) >= 11 is 0. The molecule has 1 atom stereocenters. The average Bonchev–Trinajstić information content (AvgIpc) is 2.52. The fourth-order valence-corrected chi connectivity index (χ4v) is 2.01. The standard InChI is InChI=1S/C16H20N4O2/c1-20(2)16-18-10-13(11-19-16)9-17-14(15(21)22)8-12-6-4-3-5-7-12/h3-7,10-11,14,17H,8-9H2,1-2H3,(H,21,22). The van der Waals surface area contributed by atoms with E-state index in [0.29, 0.717) is 18.9 Å². The molecule has 1 aromatic heterocycles. The highest BCUT2D eigenvalue weighted by atomic mass is 16.4. The summed E-state index contributed by atoms with van der Waals surface area (Å²) in [6, 6.07) is 8.93. The number of hydrogen-bond acceptors (Lipinski definition) is 5. The monoisotopic (exact) mass is 300 g/mol. The predicted molar refractivity (Wildman–Crippen MR) is 84.8 cm³/mol. The van der Waals surface area contributed by atoms with Crippen molar-refractivity contribution in [1.82, 2.24) is 15.3 Å². The van der Waals surface area contributed by atoms with E-state index in [4.69, 9.17) is 0 Å². The van der Waals surface area contributed by atoms with Crippen LogP contribution < -0.4 is 10.2 Å². The van der Waals surface area contributed by atoms with Gasteiger partial charge in [0, 0.05) is 38.6 Å². The van der Waals surface area contributed by atoms with Gasteiger partial charge in [0.2, 0.25) is 5.95 Å². The van der Waals surface area contributed by atoms with E-state index in [0.717, 1.165) is 11.1 Å². The maximum Gasteiger partial charge on any atom is 0.321 e. The zero-order chi connectivity index (χ0) is 15.9. The summed E-state index contributed by atoms with van der Waals surface area (Å²) in [5.74, 6) is -0.238. The molecule has 2 aromatic rings. The van der Waals surface area contributed by atoms with E-state index in [2.05, 4.69) is 15.3 Å². The van der Waals surface area contributed by atoms with E-state index in [-0.39, 0.29) is 0 Å². The van der Waals surface area contributed by atoms with Gasteiger partial charge in [-0.1, -0.05) is 30.3 Å². The minimum absolute atomic E-state index is 0.414. The normalized spacial score (nSPS) is 11.9. The van der Waals surface area contributed by atoms with Gasteiger partial charge in [-0.15, -0.1) is 0 Å². The van der Waals surface area contributed by atoms with Crippen molar-refractivity contribution < 1.29 is 9.90 Å². The number of aromatic nitrogens is 2. The summed E-state index contributed by atoms with van der Waals surface area (Å²) in [7, 11) is 3.74. The molecular weight excluding hydrogens is 280 g/mol. The quantitative estimate of drug-likeness (QED) is 0.803. The van der Waals surface area contributed by atoms with E-state index < -0.39 is 12.0 Å². The van der Waals surface area contributed by atoms with Gasteiger partial charge in [0.05, 0.1) is 0 Å². The molecular formula is C16H20N4O2. The van der Waals surface area contributed by atoms with E-state index in [1.54, 1.807) is 12.4 Å². The molecule has 22 heavy (non-hydrogen) atoms. The zero-order valence-corrected chi connectivity index (χ0v) is 12.7. The molecule has 0 fully saturated rings. The average molecular weight is 300 g/mol. The predicted octanol–water partition coefficient (Wildman–Crippen LogP) is 1.33. The first kappa shape index (κ1) is 15.9. The molecule has 116 valence electrons.